The molecule has 5 heteroatoms. The van der Waals surface area contributed by atoms with E-state index in [-0.39, 0.29) is 11.9 Å². The molecule has 2 atom stereocenters. The third kappa shape index (κ3) is 3.06. The molecule has 0 saturated heterocycles. The van der Waals surface area contributed by atoms with Crippen molar-refractivity contribution >= 4 is 32.7 Å². The number of benzene rings is 3. The highest BCUT2D eigenvalue weighted by atomic mass is 79.9. The van der Waals surface area contributed by atoms with Gasteiger partial charge in [-0.15, -0.1) is 0 Å². The zero-order valence-electron chi connectivity index (χ0n) is 15.8. The number of nitrogens with zero attached hydrogens (tertiary/aromatic N) is 1. The highest BCUT2D eigenvalue weighted by molar-refractivity contribution is 9.10. The summed E-state index contributed by atoms with van der Waals surface area (Å²) in [6, 6.07) is 23.0. The Morgan fingerprint density at radius 2 is 1.76 bits per heavy atom. The van der Waals surface area contributed by atoms with Gasteiger partial charge in [0.15, 0.2) is 0 Å². The topological polar surface area (TPSA) is 40.2 Å². The number of nitrogens with one attached hydrogen (secondary N) is 2. The van der Waals surface area contributed by atoms with Crippen molar-refractivity contribution in [2.45, 2.75) is 18.5 Å². The number of H-pyrrole nitrogens is 1. The third-order valence-corrected chi connectivity index (χ3v) is 6.14. The molecule has 0 fully saturated rings. The van der Waals surface area contributed by atoms with Gasteiger partial charge in [0.2, 0.25) is 0 Å². The van der Waals surface area contributed by atoms with Crippen LogP contribution in [-0.2, 0) is 5.54 Å². The summed E-state index contributed by atoms with van der Waals surface area (Å²) < 4.78 is 14.6. The Labute approximate surface area is 176 Å². The lowest BCUT2D eigenvalue weighted by Gasteiger charge is -2.30. The van der Waals surface area contributed by atoms with E-state index in [1.54, 1.807) is 0 Å². The third-order valence-electron chi connectivity index (χ3n) is 5.65. The number of halogens is 2. The summed E-state index contributed by atoms with van der Waals surface area (Å²) >= 11 is 3.56. The first-order chi connectivity index (χ1) is 14.0. The molecule has 2 N–H and O–H groups in total. The quantitative estimate of drug-likeness (QED) is 0.392. The molecular weight excluding hydrogens is 429 g/mol. The number of amidine groups is 1. The van der Waals surface area contributed by atoms with E-state index in [0.29, 0.717) is 0 Å². The van der Waals surface area contributed by atoms with Crippen LogP contribution in [0, 0.1) is 5.82 Å². The van der Waals surface area contributed by atoms with Crippen LogP contribution in [0.1, 0.15) is 29.7 Å². The fraction of sp³-hybridized carbons (Fsp3) is 0.125. The monoisotopic (exact) mass is 447 g/mol. The van der Waals surface area contributed by atoms with Gasteiger partial charge in [-0.05, 0) is 48.4 Å². The van der Waals surface area contributed by atoms with E-state index in [1.165, 1.54) is 12.1 Å². The summed E-state index contributed by atoms with van der Waals surface area (Å²) in [7, 11) is 0. The van der Waals surface area contributed by atoms with Crippen LogP contribution >= 0.6 is 15.9 Å². The average molecular weight is 448 g/mol. The largest absolute Gasteiger partial charge is 0.360 e. The average Bonchev–Trinajstić information content (AvgIpc) is 3.31. The molecule has 3 nitrogen and oxygen atoms in total. The molecule has 0 bridgehead atoms. The van der Waals surface area contributed by atoms with Crippen molar-refractivity contribution in [3.05, 3.63) is 106 Å². The highest BCUT2D eigenvalue weighted by Gasteiger charge is 2.43. The van der Waals surface area contributed by atoms with Gasteiger partial charge in [-0.25, -0.2) is 4.39 Å². The van der Waals surface area contributed by atoms with Gasteiger partial charge in [0, 0.05) is 27.1 Å². The lowest BCUT2D eigenvalue weighted by atomic mass is 9.82. The van der Waals surface area contributed by atoms with E-state index in [9.17, 15) is 4.39 Å². The van der Waals surface area contributed by atoms with Crippen LogP contribution in [0.15, 0.2) is 88.5 Å². The van der Waals surface area contributed by atoms with Crippen LogP contribution in [0.4, 0.5) is 4.39 Å². The lowest BCUT2D eigenvalue weighted by Crippen LogP contribution is -2.33. The molecule has 29 heavy (non-hydrogen) atoms. The van der Waals surface area contributed by atoms with E-state index in [0.717, 1.165) is 37.9 Å². The number of aromatic nitrogens is 1. The number of hydrogen-bond donors (Lipinski definition) is 2. The standard InChI is InChI=1S/C24H19BrFN3/c1-24(16-5-3-2-4-6-16)22(15-7-10-18(26)11-8-15)28-23(29-24)20-14-27-21-12-9-17(25)13-19(20)21/h2-14,22,27H,1H3,(H,28,29). The van der Waals surface area contributed by atoms with E-state index >= 15 is 0 Å². The van der Waals surface area contributed by atoms with Crippen LogP contribution in [0.25, 0.3) is 10.9 Å². The van der Waals surface area contributed by atoms with Crippen LogP contribution in [0.5, 0.6) is 0 Å². The predicted octanol–water partition coefficient (Wildman–Crippen LogP) is 6.08. The van der Waals surface area contributed by atoms with Gasteiger partial charge in [-0.3, -0.25) is 4.99 Å². The summed E-state index contributed by atoms with van der Waals surface area (Å²) in [5.41, 5.74) is 3.66. The summed E-state index contributed by atoms with van der Waals surface area (Å²) in [4.78, 5) is 8.50. The van der Waals surface area contributed by atoms with E-state index in [4.69, 9.17) is 4.99 Å². The molecule has 2 heterocycles. The highest BCUT2D eigenvalue weighted by Crippen LogP contribution is 2.43. The van der Waals surface area contributed by atoms with E-state index in [2.05, 4.69) is 51.4 Å². The second-order valence-corrected chi connectivity index (χ2v) is 8.41. The molecule has 1 aromatic heterocycles. The molecular formula is C24H19BrFN3. The summed E-state index contributed by atoms with van der Waals surface area (Å²) in [5.74, 6) is 0.589. The Morgan fingerprint density at radius 1 is 1.00 bits per heavy atom. The second kappa shape index (κ2) is 6.85. The SMILES string of the molecule is CC1(c2ccccc2)N=C(c2c[nH]c3ccc(Br)cc23)NC1c1ccc(F)cc1. The molecule has 0 radical (unpaired) electrons. The first-order valence-electron chi connectivity index (χ1n) is 9.49. The van der Waals surface area contributed by atoms with Crippen LogP contribution in [-0.4, -0.2) is 10.8 Å². The Balaban J connectivity index is 1.66. The molecule has 1 aliphatic rings. The van der Waals surface area contributed by atoms with E-state index in [1.807, 2.05) is 48.7 Å². The Bertz CT molecular complexity index is 1210. The fourth-order valence-corrected chi connectivity index (χ4v) is 4.46. The minimum absolute atomic E-state index is 0.113. The first-order valence-corrected chi connectivity index (χ1v) is 10.3. The minimum Gasteiger partial charge on any atom is -0.360 e. The molecule has 0 aliphatic carbocycles. The molecule has 0 amide bonds. The lowest BCUT2D eigenvalue weighted by molar-refractivity contribution is 0.405. The number of aromatic amines is 1. The molecule has 1 aliphatic heterocycles. The summed E-state index contributed by atoms with van der Waals surface area (Å²) in [6.45, 7) is 2.13. The zero-order valence-corrected chi connectivity index (χ0v) is 17.4. The number of rotatable bonds is 3. The van der Waals surface area contributed by atoms with Crippen molar-refractivity contribution in [3.8, 4) is 0 Å². The summed E-state index contributed by atoms with van der Waals surface area (Å²) in [6.07, 6.45) is 1.99. The van der Waals surface area contributed by atoms with Crippen molar-refractivity contribution in [1.82, 2.24) is 10.3 Å². The summed E-state index contributed by atoms with van der Waals surface area (Å²) in [5, 5.41) is 4.72. The van der Waals surface area contributed by atoms with Crippen LogP contribution < -0.4 is 5.32 Å². The Kier molecular flexibility index (Phi) is 4.28. The second-order valence-electron chi connectivity index (χ2n) is 7.50. The number of aliphatic imine (C=N–C) groups is 1. The van der Waals surface area contributed by atoms with Gasteiger partial charge < -0.3 is 10.3 Å². The van der Waals surface area contributed by atoms with E-state index < -0.39 is 5.54 Å². The molecule has 2 unspecified atom stereocenters. The maximum Gasteiger partial charge on any atom is 0.132 e. The normalized spacial score (nSPS) is 21.2. The van der Waals surface area contributed by atoms with Crippen LogP contribution in [0.3, 0.4) is 0 Å². The predicted molar refractivity (Wildman–Crippen MR) is 119 cm³/mol. The van der Waals surface area contributed by atoms with Gasteiger partial charge in [0.25, 0.3) is 0 Å². The Hall–Kier alpha value is -2.92. The van der Waals surface area contributed by atoms with Gasteiger partial charge in [0.1, 0.15) is 17.2 Å². The van der Waals surface area contributed by atoms with Gasteiger partial charge in [0.05, 0.1) is 6.04 Å². The maximum atomic E-state index is 13.5. The fourth-order valence-electron chi connectivity index (χ4n) is 4.10. The van der Waals surface area contributed by atoms with Crippen molar-refractivity contribution in [2.24, 2.45) is 4.99 Å². The van der Waals surface area contributed by atoms with Crippen molar-refractivity contribution in [1.29, 1.82) is 0 Å². The number of fused-ring (bicyclic) bond motifs is 1. The minimum atomic E-state index is -0.524. The first kappa shape index (κ1) is 18.1. The molecule has 0 saturated carbocycles. The van der Waals surface area contributed by atoms with Gasteiger partial charge in [-0.1, -0.05) is 58.4 Å². The van der Waals surface area contributed by atoms with Crippen LogP contribution in [0.2, 0.25) is 0 Å². The van der Waals surface area contributed by atoms with Crippen molar-refractivity contribution < 1.29 is 4.39 Å². The van der Waals surface area contributed by atoms with Gasteiger partial charge >= 0.3 is 0 Å². The molecule has 0 spiro atoms. The molecule has 5 rings (SSSR count). The van der Waals surface area contributed by atoms with Crippen molar-refractivity contribution in [2.75, 3.05) is 0 Å². The maximum absolute atomic E-state index is 13.5. The Morgan fingerprint density at radius 3 is 2.52 bits per heavy atom. The van der Waals surface area contributed by atoms with Crippen molar-refractivity contribution in [3.63, 3.8) is 0 Å². The molecule has 3 aromatic carbocycles. The van der Waals surface area contributed by atoms with Gasteiger partial charge in [-0.2, -0.15) is 0 Å². The smallest absolute Gasteiger partial charge is 0.132 e. The number of hydrogen-bond acceptors (Lipinski definition) is 2. The molecule has 144 valence electrons. The zero-order chi connectivity index (χ0) is 20.0. The molecule has 4 aromatic rings.